The van der Waals surface area contributed by atoms with Gasteiger partial charge < -0.3 is 15.5 Å². The third kappa shape index (κ3) is 4.37. The average molecular weight is 284 g/mol. The molecule has 0 spiro atoms. The summed E-state index contributed by atoms with van der Waals surface area (Å²) in [5.41, 5.74) is 8.09. The van der Waals surface area contributed by atoms with Gasteiger partial charge in [0.25, 0.3) is 0 Å². The van der Waals surface area contributed by atoms with Crippen molar-refractivity contribution in [2.75, 3.05) is 38.6 Å². The zero-order valence-corrected chi connectivity index (χ0v) is 13.2. The summed E-state index contributed by atoms with van der Waals surface area (Å²) in [5, 5.41) is 0.818. The SMILES string of the molecule is CCN(c1c(Cl)cccc1CCN)C(C)CN(C)C. The van der Waals surface area contributed by atoms with E-state index in [1.54, 1.807) is 0 Å². The van der Waals surface area contributed by atoms with Gasteiger partial charge in [0.15, 0.2) is 0 Å². The van der Waals surface area contributed by atoms with Gasteiger partial charge in [-0.25, -0.2) is 0 Å². The molecule has 1 unspecified atom stereocenters. The third-order valence-electron chi connectivity index (χ3n) is 3.27. The van der Waals surface area contributed by atoms with Crippen LogP contribution < -0.4 is 10.6 Å². The first-order valence-corrected chi connectivity index (χ1v) is 7.27. The molecule has 19 heavy (non-hydrogen) atoms. The molecule has 2 N–H and O–H groups in total. The lowest BCUT2D eigenvalue weighted by Crippen LogP contribution is -2.40. The van der Waals surface area contributed by atoms with Crippen molar-refractivity contribution < 1.29 is 0 Å². The molecule has 1 rings (SSSR count). The summed E-state index contributed by atoms with van der Waals surface area (Å²) < 4.78 is 0. The molecular formula is C15H26ClN3. The highest BCUT2D eigenvalue weighted by Crippen LogP contribution is 2.31. The van der Waals surface area contributed by atoms with Crippen molar-refractivity contribution in [1.82, 2.24) is 4.90 Å². The summed E-state index contributed by atoms with van der Waals surface area (Å²) in [6.45, 7) is 6.99. The van der Waals surface area contributed by atoms with Crippen LogP contribution in [0.1, 0.15) is 19.4 Å². The maximum atomic E-state index is 6.42. The van der Waals surface area contributed by atoms with E-state index < -0.39 is 0 Å². The lowest BCUT2D eigenvalue weighted by molar-refractivity contribution is 0.373. The number of nitrogens with two attached hydrogens (primary N) is 1. The molecule has 0 aliphatic rings. The van der Waals surface area contributed by atoms with Crippen molar-refractivity contribution >= 4 is 17.3 Å². The highest BCUT2D eigenvalue weighted by atomic mass is 35.5. The molecule has 0 heterocycles. The van der Waals surface area contributed by atoms with Crippen LogP contribution in [0.5, 0.6) is 0 Å². The molecule has 1 aromatic rings. The topological polar surface area (TPSA) is 32.5 Å². The second-order valence-electron chi connectivity index (χ2n) is 5.18. The molecule has 0 saturated carbocycles. The molecule has 0 saturated heterocycles. The van der Waals surface area contributed by atoms with Crippen LogP contribution in [0.2, 0.25) is 5.02 Å². The monoisotopic (exact) mass is 283 g/mol. The number of benzene rings is 1. The van der Waals surface area contributed by atoms with E-state index in [-0.39, 0.29) is 0 Å². The summed E-state index contributed by atoms with van der Waals surface area (Å²) in [5.74, 6) is 0. The Labute approximate surface area is 122 Å². The van der Waals surface area contributed by atoms with Crippen LogP contribution in [-0.2, 0) is 6.42 Å². The normalized spacial score (nSPS) is 12.8. The molecule has 0 radical (unpaired) electrons. The van der Waals surface area contributed by atoms with Gasteiger partial charge in [0, 0.05) is 19.1 Å². The Morgan fingerprint density at radius 1 is 1.32 bits per heavy atom. The number of hydrogen-bond donors (Lipinski definition) is 1. The number of anilines is 1. The number of hydrogen-bond acceptors (Lipinski definition) is 3. The molecule has 1 aromatic carbocycles. The largest absolute Gasteiger partial charge is 0.366 e. The Morgan fingerprint density at radius 3 is 2.53 bits per heavy atom. The maximum Gasteiger partial charge on any atom is 0.0642 e. The Balaban J connectivity index is 3.09. The zero-order valence-electron chi connectivity index (χ0n) is 12.5. The van der Waals surface area contributed by atoms with Crippen molar-refractivity contribution in [3.05, 3.63) is 28.8 Å². The Bertz CT molecular complexity index is 393. The van der Waals surface area contributed by atoms with Crippen LogP contribution >= 0.6 is 11.6 Å². The van der Waals surface area contributed by atoms with E-state index in [0.29, 0.717) is 12.6 Å². The minimum Gasteiger partial charge on any atom is -0.366 e. The zero-order chi connectivity index (χ0) is 14.4. The molecule has 0 amide bonds. The van der Waals surface area contributed by atoms with Gasteiger partial charge in [-0.05, 0) is 52.5 Å². The molecule has 3 nitrogen and oxygen atoms in total. The van der Waals surface area contributed by atoms with Crippen LogP contribution in [0.3, 0.4) is 0 Å². The maximum absolute atomic E-state index is 6.42. The van der Waals surface area contributed by atoms with Gasteiger partial charge in [-0.15, -0.1) is 0 Å². The predicted molar refractivity (Wildman–Crippen MR) is 85.2 cm³/mol. The average Bonchev–Trinajstić information content (AvgIpc) is 2.33. The van der Waals surface area contributed by atoms with E-state index in [1.165, 1.54) is 5.56 Å². The molecule has 0 bridgehead atoms. The molecule has 0 aliphatic heterocycles. The summed E-state index contributed by atoms with van der Waals surface area (Å²) in [7, 11) is 4.19. The fourth-order valence-corrected chi connectivity index (χ4v) is 2.86. The fourth-order valence-electron chi connectivity index (χ4n) is 2.56. The fraction of sp³-hybridized carbons (Fsp3) is 0.600. The number of rotatable bonds is 7. The first-order chi connectivity index (χ1) is 9.01. The van der Waals surface area contributed by atoms with Crippen molar-refractivity contribution in [2.24, 2.45) is 5.73 Å². The molecule has 0 fully saturated rings. The predicted octanol–water partition coefficient (Wildman–Crippen LogP) is 2.62. The minimum atomic E-state index is 0.413. The van der Waals surface area contributed by atoms with Crippen molar-refractivity contribution in [3.63, 3.8) is 0 Å². The van der Waals surface area contributed by atoms with Gasteiger partial charge in [-0.1, -0.05) is 23.7 Å². The lowest BCUT2D eigenvalue weighted by Gasteiger charge is -2.34. The highest BCUT2D eigenvalue weighted by Gasteiger charge is 2.19. The standard InChI is InChI=1S/C15H26ClN3/c1-5-19(12(2)11-18(3)4)15-13(9-10-17)7-6-8-14(15)16/h6-8,12H,5,9-11,17H2,1-4H3. The Morgan fingerprint density at radius 2 is 2.00 bits per heavy atom. The van der Waals surface area contributed by atoms with Gasteiger partial charge in [0.05, 0.1) is 10.7 Å². The van der Waals surface area contributed by atoms with E-state index in [4.69, 9.17) is 17.3 Å². The quantitative estimate of drug-likeness (QED) is 0.835. The van der Waals surface area contributed by atoms with E-state index in [9.17, 15) is 0 Å². The highest BCUT2D eigenvalue weighted by molar-refractivity contribution is 6.33. The van der Waals surface area contributed by atoms with Crippen LogP contribution in [0.4, 0.5) is 5.69 Å². The molecule has 0 aromatic heterocycles. The Hall–Kier alpha value is -0.770. The van der Waals surface area contributed by atoms with Crippen molar-refractivity contribution in [3.8, 4) is 0 Å². The number of likely N-dealkylation sites (N-methyl/N-ethyl adjacent to an activating group) is 2. The van der Waals surface area contributed by atoms with Crippen LogP contribution in [0, 0.1) is 0 Å². The summed E-state index contributed by atoms with van der Waals surface area (Å²) >= 11 is 6.42. The lowest BCUT2D eigenvalue weighted by atomic mass is 10.1. The third-order valence-corrected chi connectivity index (χ3v) is 3.58. The van der Waals surface area contributed by atoms with Gasteiger partial charge in [0.1, 0.15) is 0 Å². The number of nitrogens with zero attached hydrogens (tertiary/aromatic N) is 2. The van der Waals surface area contributed by atoms with Crippen LogP contribution in [0.15, 0.2) is 18.2 Å². The summed E-state index contributed by atoms with van der Waals surface area (Å²) in [6.07, 6.45) is 0.862. The smallest absolute Gasteiger partial charge is 0.0642 e. The van der Waals surface area contributed by atoms with Crippen molar-refractivity contribution in [2.45, 2.75) is 26.3 Å². The summed E-state index contributed by atoms with van der Waals surface area (Å²) in [6, 6.07) is 6.50. The van der Waals surface area contributed by atoms with E-state index in [0.717, 1.165) is 30.2 Å². The van der Waals surface area contributed by atoms with Gasteiger partial charge in [-0.2, -0.15) is 0 Å². The number of halogens is 1. The minimum absolute atomic E-state index is 0.413. The van der Waals surface area contributed by atoms with Gasteiger partial charge in [0.2, 0.25) is 0 Å². The molecule has 108 valence electrons. The first kappa shape index (κ1) is 16.3. The second kappa shape index (κ2) is 7.73. The van der Waals surface area contributed by atoms with Crippen molar-refractivity contribution in [1.29, 1.82) is 0 Å². The second-order valence-corrected chi connectivity index (χ2v) is 5.59. The van der Waals surface area contributed by atoms with Crippen LogP contribution in [0.25, 0.3) is 0 Å². The Kier molecular flexibility index (Phi) is 6.63. The van der Waals surface area contributed by atoms with Gasteiger partial charge in [-0.3, -0.25) is 0 Å². The van der Waals surface area contributed by atoms with E-state index >= 15 is 0 Å². The number of para-hydroxylation sites is 1. The molecular weight excluding hydrogens is 258 g/mol. The first-order valence-electron chi connectivity index (χ1n) is 6.90. The van der Waals surface area contributed by atoms with Gasteiger partial charge >= 0.3 is 0 Å². The summed E-state index contributed by atoms with van der Waals surface area (Å²) in [4.78, 5) is 4.57. The van der Waals surface area contributed by atoms with E-state index in [1.807, 2.05) is 12.1 Å². The molecule has 1 atom stereocenters. The van der Waals surface area contributed by atoms with E-state index in [2.05, 4.69) is 43.8 Å². The molecule has 0 aliphatic carbocycles. The van der Waals surface area contributed by atoms with Crippen LogP contribution in [-0.4, -0.2) is 44.7 Å². The molecule has 4 heteroatoms.